The van der Waals surface area contributed by atoms with Crippen molar-refractivity contribution in [3.05, 3.63) is 0 Å². The Balaban J connectivity index is 2.42. The van der Waals surface area contributed by atoms with Crippen LogP contribution in [0.25, 0.3) is 0 Å². The first-order valence-corrected chi connectivity index (χ1v) is 6.59. The third kappa shape index (κ3) is 3.28. The van der Waals surface area contributed by atoms with Crippen molar-refractivity contribution in [1.82, 2.24) is 10.2 Å². The number of amides is 2. The predicted octanol–water partition coefficient (Wildman–Crippen LogP) is -1.62. The molecular weight excluding hydrogens is 220 g/mol. The van der Waals surface area contributed by atoms with Crippen LogP contribution in [-0.2, 0) is 19.4 Å². The molecule has 0 radical (unpaired) electrons. The molecule has 1 aliphatic heterocycles. The monoisotopic (exact) mass is 234 g/mol. The molecule has 1 unspecified atom stereocenters. The van der Waals surface area contributed by atoms with Gasteiger partial charge in [-0.25, -0.2) is 8.42 Å². The van der Waals surface area contributed by atoms with E-state index in [0.29, 0.717) is 0 Å². The third-order valence-corrected chi connectivity index (χ3v) is 3.19. The number of hydrogen-bond donors (Lipinski definition) is 1. The molecule has 1 fully saturated rings. The van der Waals surface area contributed by atoms with Crippen molar-refractivity contribution in [3.63, 3.8) is 0 Å². The molecule has 15 heavy (non-hydrogen) atoms. The molecule has 1 saturated heterocycles. The maximum atomic E-state index is 11.4. The van der Waals surface area contributed by atoms with Crippen molar-refractivity contribution in [3.8, 4) is 0 Å². The van der Waals surface area contributed by atoms with Crippen LogP contribution in [0.4, 0.5) is 0 Å². The molecule has 0 aromatic carbocycles. The van der Waals surface area contributed by atoms with E-state index in [1.54, 1.807) is 0 Å². The lowest BCUT2D eigenvalue weighted by Crippen LogP contribution is -2.39. The van der Waals surface area contributed by atoms with Gasteiger partial charge in [0.1, 0.15) is 9.84 Å². The van der Waals surface area contributed by atoms with Crippen LogP contribution in [0.15, 0.2) is 0 Å². The molecule has 1 heterocycles. The van der Waals surface area contributed by atoms with Crippen LogP contribution in [0.3, 0.4) is 0 Å². The van der Waals surface area contributed by atoms with Gasteiger partial charge in [0, 0.05) is 19.8 Å². The molecule has 1 rings (SSSR count). The van der Waals surface area contributed by atoms with E-state index in [1.807, 2.05) is 0 Å². The molecule has 7 heteroatoms. The van der Waals surface area contributed by atoms with E-state index in [0.717, 1.165) is 11.2 Å². The second-order valence-corrected chi connectivity index (χ2v) is 5.89. The van der Waals surface area contributed by atoms with Crippen LogP contribution < -0.4 is 5.32 Å². The first kappa shape index (κ1) is 12.1. The summed E-state index contributed by atoms with van der Waals surface area (Å²) >= 11 is 0. The summed E-state index contributed by atoms with van der Waals surface area (Å²) in [5.41, 5.74) is 0. The fourth-order valence-electron chi connectivity index (χ4n) is 1.33. The molecule has 1 N–H and O–H groups in total. The topological polar surface area (TPSA) is 83.6 Å². The van der Waals surface area contributed by atoms with E-state index in [2.05, 4.69) is 5.32 Å². The first-order valence-electron chi connectivity index (χ1n) is 4.53. The number of rotatable bonds is 4. The zero-order chi connectivity index (χ0) is 11.6. The van der Waals surface area contributed by atoms with E-state index >= 15 is 0 Å². The Labute approximate surface area is 88.5 Å². The van der Waals surface area contributed by atoms with Crippen molar-refractivity contribution in [2.45, 2.75) is 12.5 Å². The van der Waals surface area contributed by atoms with Crippen molar-refractivity contribution < 1.29 is 18.0 Å². The Morgan fingerprint density at radius 3 is 2.47 bits per heavy atom. The summed E-state index contributed by atoms with van der Waals surface area (Å²) in [7, 11) is -1.61. The Kier molecular flexibility index (Phi) is 3.46. The molecule has 86 valence electrons. The van der Waals surface area contributed by atoms with Gasteiger partial charge in [0.15, 0.2) is 0 Å². The summed E-state index contributed by atoms with van der Waals surface area (Å²) in [4.78, 5) is 23.5. The lowest BCUT2D eigenvalue weighted by molar-refractivity contribution is -0.137. The van der Waals surface area contributed by atoms with E-state index < -0.39 is 15.9 Å². The SMILES string of the molecule is CN1C(=O)CC(NCCS(C)(=O)=O)C1=O. The van der Waals surface area contributed by atoms with Crippen LogP contribution in [0.5, 0.6) is 0 Å². The molecule has 0 aromatic heterocycles. The van der Waals surface area contributed by atoms with Gasteiger partial charge in [0.05, 0.1) is 18.2 Å². The number of hydrogen-bond acceptors (Lipinski definition) is 5. The molecule has 0 aromatic rings. The van der Waals surface area contributed by atoms with E-state index in [9.17, 15) is 18.0 Å². The minimum atomic E-state index is -3.03. The van der Waals surface area contributed by atoms with Crippen LogP contribution in [0, 0.1) is 0 Å². The van der Waals surface area contributed by atoms with Gasteiger partial charge < -0.3 is 5.32 Å². The minimum absolute atomic E-state index is 0.0331. The van der Waals surface area contributed by atoms with Gasteiger partial charge in [-0.2, -0.15) is 0 Å². The highest BCUT2D eigenvalue weighted by Gasteiger charge is 2.35. The number of carbonyl (C=O) groups excluding carboxylic acids is 2. The number of nitrogens with zero attached hydrogens (tertiary/aromatic N) is 1. The molecule has 6 nitrogen and oxygen atoms in total. The number of sulfone groups is 1. The average molecular weight is 234 g/mol. The maximum absolute atomic E-state index is 11.4. The number of likely N-dealkylation sites (N-methyl/N-ethyl adjacent to an activating group) is 1. The largest absolute Gasteiger partial charge is 0.304 e. The second-order valence-electron chi connectivity index (χ2n) is 3.63. The highest BCUT2D eigenvalue weighted by atomic mass is 32.2. The Bertz CT molecular complexity index is 376. The van der Waals surface area contributed by atoms with Crippen molar-refractivity contribution in [1.29, 1.82) is 0 Å². The lowest BCUT2D eigenvalue weighted by Gasteiger charge is -2.09. The van der Waals surface area contributed by atoms with Gasteiger partial charge in [0.2, 0.25) is 11.8 Å². The summed E-state index contributed by atoms with van der Waals surface area (Å²) in [6, 6.07) is -0.566. The molecule has 1 atom stereocenters. The van der Waals surface area contributed by atoms with Gasteiger partial charge in [-0.1, -0.05) is 0 Å². The predicted molar refractivity (Wildman–Crippen MR) is 53.9 cm³/mol. The highest BCUT2D eigenvalue weighted by Crippen LogP contribution is 2.09. The van der Waals surface area contributed by atoms with Crippen molar-refractivity contribution in [2.24, 2.45) is 0 Å². The highest BCUT2D eigenvalue weighted by molar-refractivity contribution is 7.90. The Hall–Kier alpha value is -0.950. The number of likely N-dealkylation sites (tertiary alicyclic amines) is 1. The third-order valence-electron chi connectivity index (χ3n) is 2.25. The quantitative estimate of drug-likeness (QED) is 0.591. The lowest BCUT2D eigenvalue weighted by atomic mass is 10.2. The van der Waals surface area contributed by atoms with Gasteiger partial charge in [-0.15, -0.1) is 0 Å². The second kappa shape index (κ2) is 4.28. The smallest absolute Gasteiger partial charge is 0.246 e. The molecule has 0 saturated carbocycles. The van der Waals surface area contributed by atoms with Gasteiger partial charge in [-0.3, -0.25) is 14.5 Å². The molecule has 1 aliphatic rings. The first-order chi connectivity index (χ1) is 6.81. The van der Waals surface area contributed by atoms with Crippen molar-refractivity contribution >= 4 is 21.7 Å². The Morgan fingerprint density at radius 1 is 1.47 bits per heavy atom. The zero-order valence-corrected chi connectivity index (χ0v) is 9.50. The van der Waals surface area contributed by atoms with Crippen LogP contribution in [0.2, 0.25) is 0 Å². The summed E-state index contributed by atoms with van der Waals surface area (Å²) < 4.78 is 21.6. The fraction of sp³-hybridized carbons (Fsp3) is 0.750. The molecular formula is C8H14N2O4S. The van der Waals surface area contributed by atoms with Crippen LogP contribution in [0.1, 0.15) is 6.42 Å². The summed E-state index contributed by atoms with van der Waals surface area (Å²) in [5.74, 6) is -0.570. The summed E-state index contributed by atoms with van der Waals surface area (Å²) in [6.45, 7) is 0.191. The van der Waals surface area contributed by atoms with Gasteiger partial charge in [-0.05, 0) is 0 Å². The Morgan fingerprint density at radius 2 is 2.07 bits per heavy atom. The molecule has 0 bridgehead atoms. The van der Waals surface area contributed by atoms with E-state index in [-0.39, 0.29) is 30.5 Å². The van der Waals surface area contributed by atoms with Crippen molar-refractivity contribution in [2.75, 3.05) is 25.6 Å². The maximum Gasteiger partial charge on any atom is 0.246 e. The molecule has 0 aliphatic carbocycles. The fourth-order valence-corrected chi connectivity index (χ4v) is 1.82. The van der Waals surface area contributed by atoms with Crippen LogP contribution in [-0.4, -0.2) is 56.8 Å². The number of imide groups is 1. The molecule has 0 spiro atoms. The van der Waals surface area contributed by atoms with Crippen LogP contribution >= 0.6 is 0 Å². The average Bonchev–Trinajstić information content (AvgIpc) is 2.32. The van der Waals surface area contributed by atoms with E-state index in [1.165, 1.54) is 7.05 Å². The van der Waals surface area contributed by atoms with E-state index in [4.69, 9.17) is 0 Å². The standard InChI is InChI=1S/C8H14N2O4S/c1-10-7(11)5-6(8(10)12)9-3-4-15(2,13)14/h6,9H,3-5H2,1-2H3. The molecule has 2 amide bonds. The normalized spacial score (nSPS) is 22.5. The van der Waals surface area contributed by atoms with Gasteiger partial charge in [0.25, 0.3) is 0 Å². The van der Waals surface area contributed by atoms with Gasteiger partial charge >= 0.3 is 0 Å². The number of nitrogens with one attached hydrogen (secondary N) is 1. The summed E-state index contributed by atoms with van der Waals surface area (Å²) in [5, 5.41) is 2.76. The minimum Gasteiger partial charge on any atom is -0.304 e. The zero-order valence-electron chi connectivity index (χ0n) is 8.69. The summed E-state index contributed by atoms with van der Waals surface area (Å²) in [6.07, 6.45) is 1.24. The number of carbonyl (C=O) groups is 2.